The summed E-state index contributed by atoms with van der Waals surface area (Å²) in [6.07, 6.45) is -0.931. The standard InChI is InChI=1S/C19H15ClN2O3/c1-10-7-11(2)9-12(8-10)22-18(23)15-16(21-25-17(15)19(22)24)13-5-3-4-6-14(13)20/h3-9,15,17H,1-2H3/t15-,17-/m0/s1. The second-order valence-electron chi connectivity index (χ2n) is 6.32. The lowest BCUT2D eigenvalue weighted by atomic mass is 9.94. The van der Waals surface area contributed by atoms with Crippen LogP contribution in [0.25, 0.3) is 0 Å². The lowest BCUT2D eigenvalue weighted by Crippen LogP contribution is -2.33. The maximum absolute atomic E-state index is 13.0. The van der Waals surface area contributed by atoms with Crippen molar-refractivity contribution in [1.82, 2.24) is 0 Å². The summed E-state index contributed by atoms with van der Waals surface area (Å²) in [6.45, 7) is 3.85. The fraction of sp³-hybridized carbons (Fsp3) is 0.211. The summed E-state index contributed by atoms with van der Waals surface area (Å²) in [5.41, 5.74) is 3.53. The van der Waals surface area contributed by atoms with Gasteiger partial charge in [-0.05, 0) is 43.2 Å². The van der Waals surface area contributed by atoms with Crippen LogP contribution in [0.5, 0.6) is 0 Å². The highest BCUT2D eigenvalue weighted by atomic mass is 35.5. The average Bonchev–Trinajstić information content (AvgIpc) is 3.08. The maximum Gasteiger partial charge on any atom is 0.278 e. The first-order valence-electron chi connectivity index (χ1n) is 7.92. The second-order valence-corrected chi connectivity index (χ2v) is 6.73. The summed E-state index contributed by atoms with van der Waals surface area (Å²) in [5, 5.41) is 4.45. The van der Waals surface area contributed by atoms with Gasteiger partial charge in [-0.25, -0.2) is 4.90 Å². The van der Waals surface area contributed by atoms with Crippen molar-refractivity contribution < 1.29 is 14.4 Å². The monoisotopic (exact) mass is 354 g/mol. The molecule has 0 radical (unpaired) electrons. The number of hydrogen-bond donors (Lipinski definition) is 0. The zero-order valence-electron chi connectivity index (χ0n) is 13.7. The van der Waals surface area contributed by atoms with Crippen LogP contribution in [-0.4, -0.2) is 23.6 Å². The molecule has 0 N–H and O–H groups in total. The van der Waals surface area contributed by atoms with E-state index in [1.165, 1.54) is 4.90 Å². The van der Waals surface area contributed by atoms with Gasteiger partial charge in [-0.15, -0.1) is 0 Å². The molecule has 126 valence electrons. The smallest absolute Gasteiger partial charge is 0.278 e. The first-order valence-corrected chi connectivity index (χ1v) is 8.30. The van der Waals surface area contributed by atoms with Crippen molar-refractivity contribution in [2.75, 3.05) is 4.90 Å². The van der Waals surface area contributed by atoms with Crippen molar-refractivity contribution in [3.63, 3.8) is 0 Å². The van der Waals surface area contributed by atoms with Crippen molar-refractivity contribution in [2.24, 2.45) is 11.1 Å². The van der Waals surface area contributed by atoms with Crippen LogP contribution in [0.4, 0.5) is 5.69 Å². The van der Waals surface area contributed by atoms with Gasteiger partial charge in [0.1, 0.15) is 11.6 Å². The zero-order valence-corrected chi connectivity index (χ0v) is 14.4. The number of carbonyl (C=O) groups is 2. The molecular weight excluding hydrogens is 340 g/mol. The molecule has 1 fully saturated rings. The highest BCUT2D eigenvalue weighted by Gasteiger charge is 2.56. The van der Waals surface area contributed by atoms with Gasteiger partial charge in [-0.1, -0.05) is 41.0 Å². The Morgan fingerprint density at radius 2 is 1.72 bits per heavy atom. The number of imide groups is 1. The second kappa shape index (κ2) is 5.70. The van der Waals surface area contributed by atoms with Gasteiger partial charge < -0.3 is 4.84 Å². The number of carbonyl (C=O) groups excluding carboxylic acids is 2. The number of amides is 2. The molecule has 0 unspecified atom stereocenters. The molecule has 5 nitrogen and oxygen atoms in total. The van der Waals surface area contributed by atoms with Crippen LogP contribution >= 0.6 is 11.6 Å². The van der Waals surface area contributed by atoms with E-state index in [1.54, 1.807) is 24.3 Å². The topological polar surface area (TPSA) is 59.0 Å². The third kappa shape index (κ3) is 2.43. The Balaban J connectivity index is 1.75. The van der Waals surface area contributed by atoms with Gasteiger partial charge in [0.05, 0.1) is 5.69 Å². The lowest BCUT2D eigenvalue weighted by molar-refractivity contribution is -0.126. The predicted molar refractivity (Wildman–Crippen MR) is 94.8 cm³/mol. The molecular formula is C19H15ClN2O3. The summed E-state index contributed by atoms with van der Waals surface area (Å²) < 4.78 is 0. The van der Waals surface area contributed by atoms with Crippen molar-refractivity contribution in [3.05, 3.63) is 64.2 Å². The van der Waals surface area contributed by atoms with Gasteiger partial charge in [0.15, 0.2) is 0 Å². The number of benzene rings is 2. The molecule has 6 heteroatoms. The molecule has 1 saturated heterocycles. The predicted octanol–water partition coefficient (Wildman–Crippen LogP) is 3.25. The molecule has 2 aromatic carbocycles. The minimum Gasteiger partial charge on any atom is -0.381 e. The Morgan fingerprint density at radius 1 is 1.04 bits per heavy atom. The first kappa shape index (κ1) is 15.8. The van der Waals surface area contributed by atoms with Gasteiger partial charge in [-0.3, -0.25) is 9.59 Å². The number of oxime groups is 1. The zero-order chi connectivity index (χ0) is 17.7. The maximum atomic E-state index is 13.0. The molecule has 0 saturated carbocycles. The van der Waals surface area contributed by atoms with Crippen molar-refractivity contribution in [2.45, 2.75) is 20.0 Å². The van der Waals surface area contributed by atoms with Gasteiger partial charge in [-0.2, -0.15) is 0 Å². The summed E-state index contributed by atoms with van der Waals surface area (Å²) in [5.74, 6) is -1.50. The minimum absolute atomic E-state index is 0.337. The fourth-order valence-corrected chi connectivity index (χ4v) is 3.64. The summed E-state index contributed by atoms with van der Waals surface area (Å²) in [7, 11) is 0. The van der Waals surface area contributed by atoms with Crippen molar-refractivity contribution >= 4 is 34.8 Å². The Bertz CT molecular complexity index is 918. The summed E-state index contributed by atoms with van der Waals surface area (Å²) >= 11 is 6.23. The van der Waals surface area contributed by atoms with E-state index in [4.69, 9.17) is 16.4 Å². The first-order chi connectivity index (χ1) is 12.0. The number of rotatable bonds is 2. The number of anilines is 1. The molecule has 0 aromatic heterocycles. The van der Waals surface area contributed by atoms with Crippen molar-refractivity contribution in [1.29, 1.82) is 0 Å². The van der Waals surface area contributed by atoms with E-state index < -0.39 is 17.9 Å². The largest absolute Gasteiger partial charge is 0.381 e. The Morgan fingerprint density at radius 3 is 2.40 bits per heavy atom. The molecule has 2 aliphatic rings. The summed E-state index contributed by atoms with van der Waals surface area (Å²) in [6, 6.07) is 12.7. The highest BCUT2D eigenvalue weighted by molar-refractivity contribution is 6.38. The number of nitrogens with zero attached hydrogens (tertiary/aromatic N) is 2. The molecule has 2 heterocycles. The number of halogens is 1. The molecule has 0 aliphatic carbocycles. The van der Waals surface area contributed by atoms with Crippen LogP contribution in [0.15, 0.2) is 47.6 Å². The molecule has 25 heavy (non-hydrogen) atoms. The number of hydrogen-bond acceptors (Lipinski definition) is 4. The van der Waals surface area contributed by atoms with Crippen molar-refractivity contribution in [3.8, 4) is 0 Å². The fourth-order valence-electron chi connectivity index (χ4n) is 3.40. The molecule has 2 atom stereocenters. The summed E-state index contributed by atoms with van der Waals surface area (Å²) in [4.78, 5) is 32.3. The third-order valence-corrected chi connectivity index (χ3v) is 4.76. The molecule has 0 spiro atoms. The van der Waals surface area contributed by atoms with E-state index >= 15 is 0 Å². The Kier molecular flexibility index (Phi) is 3.62. The normalized spacial score (nSPS) is 22.0. The van der Waals surface area contributed by atoms with E-state index in [-0.39, 0.29) is 5.91 Å². The van der Waals surface area contributed by atoms with Gasteiger partial charge in [0.2, 0.25) is 12.0 Å². The van der Waals surface area contributed by atoms with Crippen LogP contribution in [0.3, 0.4) is 0 Å². The Labute approximate surface area is 149 Å². The van der Waals surface area contributed by atoms with Crippen LogP contribution in [0.2, 0.25) is 5.02 Å². The molecule has 2 aromatic rings. The molecule has 4 rings (SSSR count). The number of aryl methyl sites for hydroxylation is 2. The number of fused-ring (bicyclic) bond motifs is 1. The third-order valence-electron chi connectivity index (χ3n) is 4.43. The van der Waals surface area contributed by atoms with Gasteiger partial charge in [0, 0.05) is 10.6 Å². The van der Waals surface area contributed by atoms with Gasteiger partial charge in [0.25, 0.3) is 5.91 Å². The molecule has 0 bridgehead atoms. The van der Waals surface area contributed by atoms with Crippen LogP contribution < -0.4 is 4.90 Å². The van der Waals surface area contributed by atoms with E-state index in [1.807, 2.05) is 32.0 Å². The molecule has 2 amide bonds. The van der Waals surface area contributed by atoms with Crippen LogP contribution in [0, 0.1) is 19.8 Å². The minimum atomic E-state index is -0.931. The van der Waals surface area contributed by atoms with E-state index in [0.717, 1.165) is 11.1 Å². The van der Waals surface area contributed by atoms with Gasteiger partial charge >= 0.3 is 0 Å². The van der Waals surface area contributed by atoms with E-state index in [0.29, 0.717) is 22.0 Å². The van der Waals surface area contributed by atoms with Crippen LogP contribution in [0.1, 0.15) is 16.7 Å². The average molecular weight is 355 g/mol. The quantitative estimate of drug-likeness (QED) is 0.778. The van der Waals surface area contributed by atoms with E-state index in [9.17, 15) is 9.59 Å². The SMILES string of the molecule is Cc1cc(C)cc(N2C(=O)[C@H]3C(c4ccccc4Cl)=NO[C@@H]3C2=O)c1. The molecule has 2 aliphatic heterocycles. The lowest BCUT2D eigenvalue weighted by Gasteiger charge is -2.17. The van der Waals surface area contributed by atoms with Crippen LogP contribution in [-0.2, 0) is 14.4 Å². The van der Waals surface area contributed by atoms with E-state index in [2.05, 4.69) is 5.16 Å². The highest BCUT2D eigenvalue weighted by Crippen LogP contribution is 2.36. The Hall–Kier alpha value is -2.66.